The molecule has 0 spiro atoms. The number of aromatic amines is 1. The number of hydrogen-bond acceptors (Lipinski definition) is 6. The SMILES string of the molecule is C[C@@H]1CCN(C(=O)CC#N)C[C@@H]1N(C)c1nnnc2[nH]ccc12. The van der Waals surface area contributed by atoms with Gasteiger partial charge in [-0.3, -0.25) is 4.79 Å². The van der Waals surface area contributed by atoms with E-state index in [0.717, 1.165) is 17.6 Å². The standard InChI is InChI=1S/C15H19N7O/c1-10-5-8-22(13(23)3-6-16)9-12(10)21(2)15-11-4-7-17-14(11)18-20-19-15/h4,7,10,12H,3,5,8-9H2,1-2H3,(H,17,18,19)/t10-,12+/m1/s1. The molecule has 0 radical (unpaired) electrons. The molecular weight excluding hydrogens is 294 g/mol. The minimum Gasteiger partial charge on any atom is -0.352 e. The number of likely N-dealkylation sites (tertiary alicyclic amines) is 1. The van der Waals surface area contributed by atoms with E-state index < -0.39 is 0 Å². The molecule has 3 rings (SSSR count). The van der Waals surface area contributed by atoms with Gasteiger partial charge in [0, 0.05) is 26.3 Å². The fraction of sp³-hybridized carbons (Fsp3) is 0.533. The van der Waals surface area contributed by atoms with E-state index in [-0.39, 0.29) is 18.4 Å². The van der Waals surface area contributed by atoms with E-state index in [1.807, 2.05) is 25.4 Å². The summed E-state index contributed by atoms with van der Waals surface area (Å²) < 4.78 is 0. The topological polar surface area (TPSA) is 102 Å². The molecule has 1 aliphatic heterocycles. The lowest BCUT2D eigenvalue weighted by Gasteiger charge is -2.41. The first-order valence-electron chi connectivity index (χ1n) is 7.65. The minimum atomic E-state index is -0.106. The van der Waals surface area contributed by atoms with Gasteiger partial charge in [0.05, 0.1) is 17.5 Å². The average molecular weight is 313 g/mol. The number of amides is 1. The third-order valence-electron chi connectivity index (χ3n) is 4.58. The van der Waals surface area contributed by atoms with Gasteiger partial charge in [-0.15, -0.1) is 10.2 Å². The zero-order chi connectivity index (χ0) is 16.4. The molecule has 0 saturated carbocycles. The maximum atomic E-state index is 12.0. The lowest BCUT2D eigenvalue weighted by atomic mass is 9.92. The van der Waals surface area contributed by atoms with E-state index in [9.17, 15) is 4.79 Å². The normalized spacial score (nSPS) is 21.2. The molecule has 8 nitrogen and oxygen atoms in total. The smallest absolute Gasteiger partial charge is 0.236 e. The summed E-state index contributed by atoms with van der Waals surface area (Å²) in [5, 5.41) is 21.6. The van der Waals surface area contributed by atoms with Crippen molar-refractivity contribution >= 4 is 22.8 Å². The molecule has 1 saturated heterocycles. The summed E-state index contributed by atoms with van der Waals surface area (Å²) in [6, 6.07) is 3.98. The molecule has 1 aliphatic rings. The third-order valence-corrected chi connectivity index (χ3v) is 4.58. The maximum Gasteiger partial charge on any atom is 0.236 e. The average Bonchev–Trinajstić information content (AvgIpc) is 3.03. The van der Waals surface area contributed by atoms with Crippen LogP contribution < -0.4 is 4.90 Å². The Bertz CT molecular complexity index is 750. The third kappa shape index (κ3) is 2.82. The molecule has 2 aromatic heterocycles. The number of carbonyl (C=O) groups is 1. The highest BCUT2D eigenvalue weighted by molar-refractivity contribution is 5.86. The van der Waals surface area contributed by atoms with E-state index in [1.54, 1.807) is 4.90 Å². The Labute approximate surface area is 134 Å². The Morgan fingerprint density at radius 3 is 3.17 bits per heavy atom. The molecule has 0 aliphatic carbocycles. The summed E-state index contributed by atoms with van der Waals surface area (Å²) in [7, 11) is 1.97. The molecule has 1 N–H and O–H groups in total. The van der Waals surface area contributed by atoms with Gasteiger partial charge in [-0.2, -0.15) is 5.26 Å². The Balaban J connectivity index is 1.85. The van der Waals surface area contributed by atoms with Crippen LogP contribution in [0.1, 0.15) is 19.8 Å². The van der Waals surface area contributed by atoms with Crippen LogP contribution in [0.25, 0.3) is 11.0 Å². The van der Waals surface area contributed by atoms with E-state index in [4.69, 9.17) is 5.26 Å². The van der Waals surface area contributed by atoms with Crippen LogP contribution in [-0.4, -0.2) is 57.4 Å². The second-order valence-corrected chi connectivity index (χ2v) is 5.97. The summed E-state index contributed by atoms with van der Waals surface area (Å²) in [4.78, 5) is 18.9. The van der Waals surface area contributed by atoms with Crippen molar-refractivity contribution in [1.29, 1.82) is 5.26 Å². The van der Waals surface area contributed by atoms with Crippen molar-refractivity contribution in [2.75, 3.05) is 25.0 Å². The second kappa shape index (κ2) is 6.20. The number of fused-ring (bicyclic) bond motifs is 1. The van der Waals surface area contributed by atoms with Crippen molar-refractivity contribution in [2.45, 2.75) is 25.8 Å². The van der Waals surface area contributed by atoms with Crippen molar-refractivity contribution in [2.24, 2.45) is 5.92 Å². The van der Waals surface area contributed by atoms with Crippen molar-refractivity contribution in [3.8, 4) is 6.07 Å². The molecule has 2 atom stereocenters. The number of nitriles is 1. The molecule has 23 heavy (non-hydrogen) atoms. The highest BCUT2D eigenvalue weighted by Gasteiger charge is 2.32. The molecule has 120 valence electrons. The van der Waals surface area contributed by atoms with E-state index in [1.165, 1.54) is 0 Å². The molecule has 0 aromatic carbocycles. The summed E-state index contributed by atoms with van der Waals surface area (Å²) in [5.41, 5.74) is 0.697. The van der Waals surface area contributed by atoms with Crippen LogP contribution in [0, 0.1) is 17.2 Å². The molecule has 2 aromatic rings. The highest BCUT2D eigenvalue weighted by Crippen LogP contribution is 2.28. The second-order valence-electron chi connectivity index (χ2n) is 5.97. The summed E-state index contributed by atoms with van der Waals surface area (Å²) in [5.74, 6) is 1.06. The zero-order valence-electron chi connectivity index (χ0n) is 13.2. The van der Waals surface area contributed by atoms with Crippen molar-refractivity contribution in [1.82, 2.24) is 25.3 Å². The predicted molar refractivity (Wildman–Crippen MR) is 84.5 cm³/mol. The molecule has 1 fully saturated rings. The van der Waals surface area contributed by atoms with Gasteiger partial charge in [-0.1, -0.05) is 6.92 Å². The number of hydrogen-bond donors (Lipinski definition) is 1. The van der Waals surface area contributed by atoms with Crippen molar-refractivity contribution in [3.05, 3.63) is 12.3 Å². The minimum absolute atomic E-state index is 0.0675. The van der Waals surface area contributed by atoms with Gasteiger partial charge in [0.25, 0.3) is 0 Å². The fourth-order valence-electron chi connectivity index (χ4n) is 3.16. The van der Waals surface area contributed by atoms with Gasteiger partial charge < -0.3 is 14.8 Å². The first-order valence-corrected chi connectivity index (χ1v) is 7.65. The molecular formula is C15H19N7O. The molecule has 1 amide bonds. The van der Waals surface area contributed by atoms with Crippen LogP contribution in [0.3, 0.4) is 0 Å². The Hall–Kier alpha value is -2.69. The Morgan fingerprint density at radius 2 is 2.39 bits per heavy atom. The van der Waals surface area contributed by atoms with E-state index in [2.05, 4.69) is 32.2 Å². The van der Waals surface area contributed by atoms with Gasteiger partial charge in [0.1, 0.15) is 6.42 Å². The van der Waals surface area contributed by atoms with Gasteiger partial charge >= 0.3 is 0 Å². The van der Waals surface area contributed by atoms with Gasteiger partial charge in [0.15, 0.2) is 11.5 Å². The molecule has 0 unspecified atom stereocenters. The summed E-state index contributed by atoms with van der Waals surface area (Å²) in [6.07, 6.45) is 2.65. The number of likely N-dealkylation sites (N-methyl/N-ethyl adjacent to an activating group) is 1. The van der Waals surface area contributed by atoms with Gasteiger partial charge in [-0.05, 0) is 23.6 Å². The van der Waals surface area contributed by atoms with Crippen LogP contribution in [-0.2, 0) is 4.79 Å². The van der Waals surface area contributed by atoms with Crippen LogP contribution in [0.4, 0.5) is 5.82 Å². The highest BCUT2D eigenvalue weighted by atomic mass is 16.2. The number of anilines is 1. The number of carbonyl (C=O) groups excluding carboxylic acids is 1. The Morgan fingerprint density at radius 1 is 1.57 bits per heavy atom. The lowest BCUT2D eigenvalue weighted by Crippen LogP contribution is -2.52. The number of nitrogens with zero attached hydrogens (tertiary/aromatic N) is 6. The number of piperidine rings is 1. The van der Waals surface area contributed by atoms with E-state index in [0.29, 0.717) is 24.7 Å². The van der Waals surface area contributed by atoms with Crippen molar-refractivity contribution in [3.63, 3.8) is 0 Å². The first-order chi connectivity index (χ1) is 11.1. The maximum absolute atomic E-state index is 12.0. The quantitative estimate of drug-likeness (QED) is 0.905. The summed E-state index contributed by atoms with van der Waals surface area (Å²) in [6.45, 7) is 3.47. The number of nitrogens with one attached hydrogen (secondary N) is 1. The molecule has 0 bridgehead atoms. The predicted octanol–water partition coefficient (Wildman–Crippen LogP) is 0.940. The van der Waals surface area contributed by atoms with Crippen LogP contribution >= 0.6 is 0 Å². The monoisotopic (exact) mass is 313 g/mol. The first kappa shape index (κ1) is 15.2. The van der Waals surface area contributed by atoms with E-state index >= 15 is 0 Å². The number of rotatable bonds is 3. The summed E-state index contributed by atoms with van der Waals surface area (Å²) >= 11 is 0. The fourth-order valence-corrected chi connectivity index (χ4v) is 3.16. The van der Waals surface area contributed by atoms with Crippen LogP contribution in [0.2, 0.25) is 0 Å². The largest absolute Gasteiger partial charge is 0.352 e. The van der Waals surface area contributed by atoms with Gasteiger partial charge in [-0.25, -0.2) is 0 Å². The lowest BCUT2D eigenvalue weighted by molar-refractivity contribution is -0.131. The van der Waals surface area contributed by atoms with Gasteiger partial charge in [0.2, 0.25) is 5.91 Å². The van der Waals surface area contributed by atoms with Crippen LogP contribution in [0.5, 0.6) is 0 Å². The van der Waals surface area contributed by atoms with Crippen LogP contribution in [0.15, 0.2) is 12.3 Å². The molecule has 3 heterocycles. The zero-order valence-corrected chi connectivity index (χ0v) is 13.2. The van der Waals surface area contributed by atoms with Crippen molar-refractivity contribution < 1.29 is 4.79 Å². The Kier molecular flexibility index (Phi) is 4.10. The molecule has 8 heteroatoms. The number of aromatic nitrogens is 4. The number of H-pyrrole nitrogens is 1.